The summed E-state index contributed by atoms with van der Waals surface area (Å²) in [6.45, 7) is 5.74. The van der Waals surface area contributed by atoms with Gasteiger partial charge >= 0.3 is 0 Å². The van der Waals surface area contributed by atoms with E-state index in [4.69, 9.17) is 11.6 Å². The first kappa shape index (κ1) is 29.0. The second kappa shape index (κ2) is 12.8. The third-order valence-corrected chi connectivity index (χ3v) is 8.27. The summed E-state index contributed by atoms with van der Waals surface area (Å²) in [5.74, 6) is -0.355. The molecule has 2 amide bonds. The van der Waals surface area contributed by atoms with Gasteiger partial charge in [0.05, 0.1) is 11.9 Å². The van der Waals surface area contributed by atoms with Crippen molar-refractivity contribution in [2.45, 2.75) is 77.4 Å². The maximum Gasteiger partial charge on any atom is 0.244 e. The Morgan fingerprint density at radius 3 is 2.14 bits per heavy atom. The number of nitrogens with one attached hydrogen (secondary N) is 1. The van der Waals surface area contributed by atoms with Crippen molar-refractivity contribution >= 4 is 39.1 Å². The maximum absolute atomic E-state index is 13.8. The van der Waals surface area contributed by atoms with Gasteiger partial charge in [0.2, 0.25) is 21.8 Å². The lowest BCUT2D eigenvalue weighted by atomic mass is 10.0. The van der Waals surface area contributed by atoms with Gasteiger partial charge in [-0.3, -0.25) is 13.9 Å². The van der Waals surface area contributed by atoms with Gasteiger partial charge in [0.25, 0.3) is 0 Å². The van der Waals surface area contributed by atoms with Crippen molar-refractivity contribution < 1.29 is 18.0 Å². The summed E-state index contributed by atoms with van der Waals surface area (Å²) in [4.78, 5) is 28.6. The molecular formula is C28H38ClN3O4S. The largest absolute Gasteiger partial charge is 0.352 e. The molecule has 3 rings (SSSR count). The predicted molar refractivity (Wildman–Crippen MR) is 149 cm³/mol. The number of halogens is 1. The standard InChI is InChI=1S/C28H38ClN3O4S/c1-5-26(28(34)30-24-8-6-7-9-24)31(18-21-10-14-23(29)15-11-21)27(33)19-32(37(4,35)36)25-16-12-22(13-17-25)20(2)3/h10-17,20,24,26H,5-9,18-19H2,1-4H3,(H,30,34). The second-order valence-electron chi connectivity index (χ2n) is 10.1. The Kier molecular flexibility index (Phi) is 10.0. The van der Waals surface area contributed by atoms with E-state index in [-0.39, 0.29) is 18.5 Å². The van der Waals surface area contributed by atoms with Crippen LogP contribution >= 0.6 is 11.6 Å². The number of nitrogens with zero attached hydrogens (tertiary/aromatic N) is 2. The van der Waals surface area contributed by atoms with Crippen LogP contribution in [0.15, 0.2) is 48.5 Å². The zero-order valence-corrected chi connectivity index (χ0v) is 23.7. The summed E-state index contributed by atoms with van der Waals surface area (Å²) < 4.78 is 26.6. The molecule has 1 saturated carbocycles. The van der Waals surface area contributed by atoms with Crippen LogP contribution < -0.4 is 9.62 Å². The molecule has 1 aliphatic carbocycles. The van der Waals surface area contributed by atoms with Gasteiger partial charge in [-0.05, 0) is 60.6 Å². The van der Waals surface area contributed by atoms with Crippen LogP contribution in [0, 0.1) is 0 Å². The molecule has 37 heavy (non-hydrogen) atoms. The van der Waals surface area contributed by atoms with Crippen molar-refractivity contribution in [3.8, 4) is 0 Å². The first-order valence-corrected chi connectivity index (χ1v) is 15.1. The van der Waals surface area contributed by atoms with Crippen molar-refractivity contribution in [1.82, 2.24) is 10.2 Å². The lowest BCUT2D eigenvalue weighted by molar-refractivity contribution is -0.140. The molecule has 1 atom stereocenters. The molecule has 1 unspecified atom stereocenters. The minimum absolute atomic E-state index is 0.112. The molecule has 0 spiro atoms. The molecule has 0 heterocycles. The van der Waals surface area contributed by atoms with Crippen LogP contribution in [-0.4, -0.2) is 50.0 Å². The highest BCUT2D eigenvalue weighted by atomic mass is 35.5. The van der Waals surface area contributed by atoms with Crippen LogP contribution in [0.3, 0.4) is 0 Å². The summed E-state index contributed by atoms with van der Waals surface area (Å²) in [6, 6.07) is 13.7. The van der Waals surface area contributed by atoms with Crippen LogP contribution in [0.2, 0.25) is 5.02 Å². The number of hydrogen-bond donors (Lipinski definition) is 1. The number of anilines is 1. The molecule has 0 radical (unpaired) electrons. The van der Waals surface area contributed by atoms with Crippen LogP contribution in [0.5, 0.6) is 0 Å². The van der Waals surface area contributed by atoms with Gasteiger partial charge in [-0.2, -0.15) is 0 Å². The van der Waals surface area contributed by atoms with Crippen LogP contribution in [0.4, 0.5) is 5.69 Å². The third-order valence-electron chi connectivity index (χ3n) is 6.88. The summed E-state index contributed by atoms with van der Waals surface area (Å²) >= 11 is 6.05. The van der Waals surface area contributed by atoms with E-state index >= 15 is 0 Å². The summed E-state index contributed by atoms with van der Waals surface area (Å²) in [5.41, 5.74) is 2.29. The quantitative estimate of drug-likeness (QED) is 0.424. The zero-order valence-electron chi connectivity index (χ0n) is 22.1. The smallest absolute Gasteiger partial charge is 0.244 e. The molecule has 7 nitrogen and oxygen atoms in total. The number of amides is 2. The normalized spacial score (nSPS) is 15.0. The zero-order chi connectivity index (χ0) is 27.2. The van der Waals surface area contributed by atoms with Gasteiger partial charge in [0.1, 0.15) is 12.6 Å². The third kappa shape index (κ3) is 7.95. The monoisotopic (exact) mass is 547 g/mol. The average Bonchev–Trinajstić information content (AvgIpc) is 3.36. The van der Waals surface area contributed by atoms with E-state index in [1.807, 2.05) is 31.2 Å². The molecule has 1 N–H and O–H groups in total. The highest BCUT2D eigenvalue weighted by molar-refractivity contribution is 7.92. The first-order valence-electron chi connectivity index (χ1n) is 12.9. The number of sulfonamides is 1. The Hall–Kier alpha value is -2.58. The Morgan fingerprint density at radius 1 is 1.03 bits per heavy atom. The number of hydrogen-bond acceptors (Lipinski definition) is 4. The fourth-order valence-electron chi connectivity index (χ4n) is 4.71. The predicted octanol–water partition coefficient (Wildman–Crippen LogP) is 5.10. The lowest BCUT2D eigenvalue weighted by Gasteiger charge is -2.33. The number of carbonyl (C=O) groups excluding carboxylic acids is 2. The lowest BCUT2D eigenvalue weighted by Crippen LogP contribution is -2.53. The molecule has 0 aliphatic heterocycles. The molecule has 1 aliphatic rings. The van der Waals surface area contributed by atoms with Gasteiger partial charge in [-0.15, -0.1) is 0 Å². The number of benzene rings is 2. The highest BCUT2D eigenvalue weighted by Gasteiger charge is 2.33. The maximum atomic E-state index is 13.8. The van der Waals surface area contributed by atoms with E-state index in [1.165, 1.54) is 4.90 Å². The Balaban J connectivity index is 1.90. The van der Waals surface area contributed by atoms with E-state index in [2.05, 4.69) is 19.2 Å². The minimum Gasteiger partial charge on any atom is -0.352 e. The molecule has 9 heteroatoms. The Labute approximate surface area is 226 Å². The molecule has 2 aromatic rings. The van der Waals surface area contributed by atoms with Crippen molar-refractivity contribution in [3.05, 3.63) is 64.7 Å². The topological polar surface area (TPSA) is 86.8 Å². The summed E-state index contributed by atoms with van der Waals surface area (Å²) in [6.07, 6.45) is 5.51. The Morgan fingerprint density at radius 2 is 1.62 bits per heavy atom. The van der Waals surface area contributed by atoms with Crippen molar-refractivity contribution in [2.75, 3.05) is 17.1 Å². The van der Waals surface area contributed by atoms with E-state index in [9.17, 15) is 18.0 Å². The molecular weight excluding hydrogens is 510 g/mol. The van der Waals surface area contributed by atoms with E-state index in [0.717, 1.165) is 47.4 Å². The number of rotatable bonds is 11. The van der Waals surface area contributed by atoms with E-state index in [0.29, 0.717) is 23.0 Å². The molecule has 0 bridgehead atoms. The van der Waals surface area contributed by atoms with Gasteiger partial charge in [0.15, 0.2) is 0 Å². The van der Waals surface area contributed by atoms with Gasteiger partial charge in [-0.25, -0.2) is 8.42 Å². The molecule has 0 saturated heterocycles. The fraction of sp³-hybridized carbons (Fsp3) is 0.500. The minimum atomic E-state index is -3.76. The molecule has 1 fully saturated rings. The van der Waals surface area contributed by atoms with Crippen LogP contribution in [0.25, 0.3) is 0 Å². The van der Waals surface area contributed by atoms with Crippen molar-refractivity contribution in [3.63, 3.8) is 0 Å². The van der Waals surface area contributed by atoms with Crippen LogP contribution in [0.1, 0.15) is 69.9 Å². The van der Waals surface area contributed by atoms with E-state index in [1.54, 1.807) is 24.3 Å². The van der Waals surface area contributed by atoms with Gasteiger partial charge in [-0.1, -0.05) is 69.5 Å². The first-order chi connectivity index (χ1) is 17.5. The average molecular weight is 548 g/mol. The van der Waals surface area contributed by atoms with E-state index < -0.39 is 28.5 Å². The number of carbonyl (C=O) groups is 2. The van der Waals surface area contributed by atoms with Gasteiger partial charge in [0, 0.05) is 17.6 Å². The Bertz CT molecular complexity index is 1160. The molecule has 202 valence electrons. The van der Waals surface area contributed by atoms with Crippen molar-refractivity contribution in [2.24, 2.45) is 0 Å². The highest BCUT2D eigenvalue weighted by Crippen LogP contribution is 2.24. The van der Waals surface area contributed by atoms with Gasteiger partial charge < -0.3 is 10.2 Å². The fourth-order valence-corrected chi connectivity index (χ4v) is 5.69. The summed E-state index contributed by atoms with van der Waals surface area (Å²) in [5, 5.41) is 3.68. The van der Waals surface area contributed by atoms with Crippen LogP contribution in [-0.2, 0) is 26.2 Å². The summed E-state index contributed by atoms with van der Waals surface area (Å²) in [7, 11) is -3.76. The second-order valence-corrected chi connectivity index (χ2v) is 12.4. The SMILES string of the molecule is CCC(C(=O)NC1CCCC1)N(Cc1ccc(Cl)cc1)C(=O)CN(c1ccc(C(C)C)cc1)S(C)(=O)=O. The molecule has 2 aromatic carbocycles. The van der Waals surface area contributed by atoms with Crippen molar-refractivity contribution in [1.29, 1.82) is 0 Å². The molecule has 0 aromatic heterocycles.